The second-order valence-corrected chi connectivity index (χ2v) is 7.52. The molecule has 1 aromatic carbocycles. The van der Waals surface area contributed by atoms with Crippen molar-refractivity contribution in [2.24, 2.45) is 0 Å². The summed E-state index contributed by atoms with van der Waals surface area (Å²) in [6, 6.07) is 11.0. The van der Waals surface area contributed by atoms with Gasteiger partial charge in [-0.3, -0.25) is 4.90 Å². The van der Waals surface area contributed by atoms with Crippen LogP contribution in [0.2, 0.25) is 0 Å². The Labute approximate surface area is 155 Å². The van der Waals surface area contributed by atoms with Crippen molar-refractivity contribution in [1.29, 1.82) is 0 Å². The Kier molecular flexibility index (Phi) is 5.28. The molecule has 0 aliphatic carbocycles. The number of nitrogens with zero attached hydrogens (tertiary/aromatic N) is 2. The third kappa shape index (κ3) is 4.05. The Morgan fingerprint density at radius 1 is 1.19 bits per heavy atom. The second kappa shape index (κ2) is 7.46. The van der Waals surface area contributed by atoms with Crippen molar-refractivity contribution >= 4 is 5.97 Å². The first-order valence-electron chi connectivity index (χ1n) is 9.03. The largest absolute Gasteiger partial charge is 0.462 e. The number of pyridine rings is 1. The number of aromatic nitrogens is 1. The van der Waals surface area contributed by atoms with Crippen LogP contribution in [0.15, 0.2) is 42.6 Å². The van der Waals surface area contributed by atoms with Crippen molar-refractivity contribution in [3.63, 3.8) is 0 Å². The first kappa shape index (κ1) is 18.4. The summed E-state index contributed by atoms with van der Waals surface area (Å²) in [6.07, 6.45) is 1.74. The quantitative estimate of drug-likeness (QED) is 0.752. The highest BCUT2D eigenvalue weighted by atomic mass is 16.5. The van der Waals surface area contributed by atoms with Gasteiger partial charge in [0.05, 0.1) is 12.2 Å². The smallest absolute Gasteiger partial charge is 0.338 e. The normalized spacial score (nSPS) is 15.4. The molecular formula is C21H26N2O3. The topological polar surface area (TPSA) is 51.7 Å². The molecule has 0 spiro atoms. The number of ether oxygens (including phenoxy) is 2. The van der Waals surface area contributed by atoms with Gasteiger partial charge < -0.3 is 9.47 Å². The summed E-state index contributed by atoms with van der Waals surface area (Å²) < 4.78 is 11.0. The van der Waals surface area contributed by atoms with Crippen LogP contribution < -0.4 is 4.74 Å². The molecule has 138 valence electrons. The predicted molar refractivity (Wildman–Crippen MR) is 101 cm³/mol. The number of benzene rings is 1. The van der Waals surface area contributed by atoms with E-state index in [1.807, 2.05) is 6.07 Å². The van der Waals surface area contributed by atoms with Crippen LogP contribution in [0.3, 0.4) is 0 Å². The zero-order valence-corrected chi connectivity index (χ0v) is 15.9. The second-order valence-electron chi connectivity index (χ2n) is 7.52. The van der Waals surface area contributed by atoms with E-state index in [0.717, 1.165) is 18.7 Å². The first-order valence-corrected chi connectivity index (χ1v) is 9.03. The molecule has 1 aliphatic heterocycles. The highest BCUT2D eigenvalue weighted by molar-refractivity contribution is 5.89. The Bertz CT molecular complexity index is 760. The predicted octanol–water partition coefficient (Wildman–Crippen LogP) is 4.25. The average Bonchev–Trinajstić information content (AvgIpc) is 2.55. The maximum absolute atomic E-state index is 11.7. The number of carbonyl (C=O) groups excluding carboxylic acids is 1. The summed E-state index contributed by atoms with van der Waals surface area (Å²) in [7, 11) is 0. The summed E-state index contributed by atoms with van der Waals surface area (Å²) in [6.45, 7) is 10.9. The molecule has 26 heavy (non-hydrogen) atoms. The zero-order valence-electron chi connectivity index (χ0n) is 15.9. The summed E-state index contributed by atoms with van der Waals surface area (Å²) in [5.41, 5.74) is 1.82. The van der Waals surface area contributed by atoms with Crippen molar-refractivity contribution in [2.45, 2.75) is 39.2 Å². The SMILES string of the molecule is CCOC(=O)c1ccc(Oc2ncccc2C2CN(C(C)(C)C)C2)cc1. The van der Waals surface area contributed by atoms with Crippen molar-refractivity contribution in [3.05, 3.63) is 53.7 Å². The Morgan fingerprint density at radius 2 is 1.88 bits per heavy atom. The van der Waals surface area contributed by atoms with Gasteiger partial charge in [0.2, 0.25) is 5.88 Å². The molecule has 5 nitrogen and oxygen atoms in total. The molecule has 1 saturated heterocycles. The number of hydrogen-bond donors (Lipinski definition) is 0. The third-order valence-electron chi connectivity index (χ3n) is 4.65. The Morgan fingerprint density at radius 3 is 2.50 bits per heavy atom. The molecule has 0 bridgehead atoms. The fourth-order valence-electron chi connectivity index (χ4n) is 3.01. The summed E-state index contributed by atoms with van der Waals surface area (Å²) in [5, 5.41) is 0. The fourth-order valence-corrected chi connectivity index (χ4v) is 3.01. The first-order chi connectivity index (χ1) is 12.4. The molecular weight excluding hydrogens is 328 g/mol. The monoisotopic (exact) mass is 354 g/mol. The Hall–Kier alpha value is -2.40. The maximum Gasteiger partial charge on any atom is 0.338 e. The molecule has 0 saturated carbocycles. The fraction of sp³-hybridized carbons (Fsp3) is 0.429. The van der Waals surface area contributed by atoms with Crippen LogP contribution in [0, 0.1) is 0 Å². The molecule has 0 unspecified atom stereocenters. The van der Waals surface area contributed by atoms with Gasteiger partial charge in [0, 0.05) is 36.3 Å². The highest BCUT2D eigenvalue weighted by Gasteiger charge is 2.36. The lowest BCUT2D eigenvalue weighted by atomic mass is 9.87. The van der Waals surface area contributed by atoms with Gasteiger partial charge in [-0.2, -0.15) is 0 Å². The lowest BCUT2D eigenvalue weighted by Crippen LogP contribution is -2.54. The minimum Gasteiger partial charge on any atom is -0.462 e. The van der Waals surface area contributed by atoms with Crippen molar-refractivity contribution in [1.82, 2.24) is 9.88 Å². The van der Waals surface area contributed by atoms with Crippen LogP contribution in [-0.2, 0) is 4.74 Å². The van der Waals surface area contributed by atoms with E-state index in [4.69, 9.17) is 9.47 Å². The van der Waals surface area contributed by atoms with Crippen molar-refractivity contribution in [2.75, 3.05) is 19.7 Å². The van der Waals surface area contributed by atoms with Crippen LogP contribution >= 0.6 is 0 Å². The molecule has 1 aromatic heterocycles. The molecule has 2 heterocycles. The van der Waals surface area contributed by atoms with E-state index in [1.165, 1.54) is 0 Å². The molecule has 5 heteroatoms. The van der Waals surface area contributed by atoms with Crippen LogP contribution in [-0.4, -0.2) is 41.1 Å². The zero-order chi connectivity index (χ0) is 18.7. The van der Waals surface area contributed by atoms with E-state index in [-0.39, 0.29) is 11.5 Å². The Balaban J connectivity index is 1.70. The lowest BCUT2D eigenvalue weighted by molar-refractivity contribution is 0.0461. The molecule has 0 atom stereocenters. The highest BCUT2D eigenvalue weighted by Crippen LogP contribution is 2.37. The standard InChI is InChI=1S/C21H26N2O3/c1-5-25-20(24)15-8-10-17(11-9-15)26-19-18(7-6-12-22-19)16-13-23(14-16)21(2,3)4/h6-12,16H,5,13-14H2,1-4H3. The van der Waals surface area contributed by atoms with Gasteiger partial charge >= 0.3 is 5.97 Å². The van der Waals surface area contributed by atoms with Crippen LogP contribution in [0.5, 0.6) is 11.6 Å². The van der Waals surface area contributed by atoms with E-state index in [2.05, 4.69) is 36.7 Å². The number of likely N-dealkylation sites (tertiary alicyclic amines) is 1. The van der Waals surface area contributed by atoms with E-state index in [1.54, 1.807) is 37.4 Å². The minimum atomic E-state index is -0.325. The minimum absolute atomic E-state index is 0.183. The van der Waals surface area contributed by atoms with Gasteiger partial charge in [0.25, 0.3) is 0 Å². The van der Waals surface area contributed by atoms with Gasteiger partial charge in [0.15, 0.2) is 0 Å². The molecule has 2 aromatic rings. The van der Waals surface area contributed by atoms with Gasteiger partial charge in [-0.15, -0.1) is 0 Å². The van der Waals surface area contributed by atoms with Crippen LogP contribution in [0.4, 0.5) is 0 Å². The molecule has 0 N–H and O–H groups in total. The van der Waals surface area contributed by atoms with Crippen molar-refractivity contribution < 1.29 is 14.3 Å². The third-order valence-corrected chi connectivity index (χ3v) is 4.65. The van der Waals surface area contributed by atoms with E-state index < -0.39 is 0 Å². The molecule has 0 radical (unpaired) electrons. The average molecular weight is 354 g/mol. The lowest BCUT2D eigenvalue weighted by Gasteiger charge is -2.48. The molecule has 0 amide bonds. The molecule has 3 rings (SSSR count). The molecule has 1 fully saturated rings. The summed E-state index contributed by atoms with van der Waals surface area (Å²) in [4.78, 5) is 18.6. The number of esters is 1. The van der Waals surface area contributed by atoms with Gasteiger partial charge in [0.1, 0.15) is 5.75 Å². The van der Waals surface area contributed by atoms with E-state index in [9.17, 15) is 4.79 Å². The van der Waals surface area contributed by atoms with E-state index >= 15 is 0 Å². The van der Waals surface area contributed by atoms with Gasteiger partial charge in [-0.1, -0.05) is 6.07 Å². The van der Waals surface area contributed by atoms with Crippen LogP contribution in [0.25, 0.3) is 0 Å². The number of rotatable bonds is 5. The van der Waals surface area contributed by atoms with Gasteiger partial charge in [-0.05, 0) is 58.0 Å². The van der Waals surface area contributed by atoms with E-state index in [0.29, 0.717) is 29.7 Å². The van der Waals surface area contributed by atoms with Crippen molar-refractivity contribution in [3.8, 4) is 11.6 Å². The summed E-state index contributed by atoms with van der Waals surface area (Å²) in [5.74, 6) is 1.39. The number of hydrogen-bond acceptors (Lipinski definition) is 5. The maximum atomic E-state index is 11.7. The summed E-state index contributed by atoms with van der Waals surface area (Å²) >= 11 is 0. The van der Waals surface area contributed by atoms with Gasteiger partial charge in [-0.25, -0.2) is 9.78 Å². The number of carbonyl (C=O) groups is 1. The molecule has 1 aliphatic rings. The van der Waals surface area contributed by atoms with Crippen LogP contribution in [0.1, 0.15) is 49.5 Å².